The van der Waals surface area contributed by atoms with Crippen LogP contribution in [-0.4, -0.2) is 36.7 Å². The van der Waals surface area contributed by atoms with Gasteiger partial charge in [0, 0.05) is 31.4 Å². The largest absolute Gasteiger partial charge is 0.378 e. The van der Waals surface area contributed by atoms with Gasteiger partial charge in [0.15, 0.2) is 0 Å². The number of hydrogen-bond acceptors (Lipinski definition) is 4. The molecule has 2 unspecified atom stereocenters. The minimum atomic E-state index is -0.0232. The average molecular weight is 398 g/mol. The Kier molecular flexibility index (Phi) is 9.59. The van der Waals surface area contributed by atoms with Crippen LogP contribution in [0.3, 0.4) is 0 Å². The molecule has 3 rings (SSSR count). The van der Waals surface area contributed by atoms with Gasteiger partial charge in [-0.3, -0.25) is 9.78 Å². The molecule has 2 heterocycles. The van der Waals surface area contributed by atoms with Crippen molar-refractivity contribution in [2.24, 2.45) is 0 Å². The lowest BCUT2D eigenvalue weighted by Gasteiger charge is -2.24. The Morgan fingerprint density at radius 3 is 2.65 bits per heavy atom. The lowest BCUT2D eigenvalue weighted by Crippen LogP contribution is -2.44. The van der Waals surface area contributed by atoms with E-state index in [0.29, 0.717) is 13.0 Å². The van der Waals surface area contributed by atoms with Gasteiger partial charge in [-0.15, -0.1) is 24.8 Å². The van der Waals surface area contributed by atoms with E-state index in [-0.39, 0.29) is 42.8 Å². The van der Waals surface area contributed by atoms with E-state index in [2.05, 4.69) is 39.9 Å². The van der Waals surface area contributed by atoms with Crippen molar-refractivity contribution in [2.45, 2.75) is 25.4 Å². The summed E-state index contributed by atoms with van der Waals surface area (Å²) in [6.45, 7) is 4.13. The zero-order valence-corrected chi connectivity index (χ0v) is 16.3. The monoisotopic (exact) mass is 397 g/mol. The summed E-state index contributed by atoms with van der Waals surface area (Å²) in [5.74, 6) is 0.0434. The Morgan fingerprint density at radius 2 is 2.04 bits per heavy atom. The quantitative estimate of drug-likeness (QED) is 0.813. The van der Waals surface area contributed by atoms with Gasteiger partial charge in [0.1, 0.15) is 0 Å². The molecule has 0 saturated carbocycles. The van der Waals surface area contributed by atoms with Crippen molar-refractivity contribution in [2.75, 3.05) is 19.8 Å². The normalized spacial score (nSPS) is 17.3. The van der Waals surface area contributed by atoms with Crippen molar-refractivity contribution in [1.82, 2.24) is 15.6 Å². The van der Waals surface area contributed by atoms with Crippen molar-refractivity contribution in [3.05, 3.63) is 54.4 Å². The first-order valence-electron chi connectivity index (χ1n) is 8.33. The predicted octanol–water partition coefficient (Wildman–Crippen LogP) is 3.15. The molecule has 0 radical (unpaired) electrons. The molecule has 0 spiro atoms. The minimum absolute atomic E-state index is 0. The Morgan fingerprint density at radius 1 is 1.27 bits per heavy atom. The molecule has 1 amide bonds. The SMILES string of the molecule is CC(NC(=O)CC1COCCN1)c1ccc(-c2cccnc2)cc1.Cl.Cl. The van der Waals surface area contributed by atoms with Gasteiger partial charge in [-0.1, -0.05) is 30.3 Å². The molecule has 0 aliphatic carbocycles. The molecule has 1 aliphatic rings. The minimum Gasteiger partial charge on any atom is -0.378 e. The average Bonchev–Trinajstić information content (AvgIpc) is 2.63. The summed E-state index contributed by atoms with van der Waals surface area (Å²) in [5.41, 5.74) is 3.29. The number of benzene rings is 1. The van der Waals surface area contributed by atoms with Crippen LogP contribution < -0.4 is 10.6 Å². The van der Waals surface area contributed by atoms with Gasteiger partial charge in [-0.05, 0) is 29.7 Å². The van der Waals surface area contributed by atoms with Gasteiger partial charge in [-0.2, -0.15) is 0 Å². The van der Waals surface area contributed by atoms with Gasteiger partial charge in [0.2, 0.25) is 5.91 Å². The fourth-order valence-electron chi connectivity index (χ4n) is 2.86. The summed E-state index contributed by atoms with van der Waals surface area (Å²) >= 11 is 0. The van der Waals surface area contributed by atoms with Gasteiger partial charge in [-0.25, -0.2) is 0 Å². The van der Waals surface area contributed by atoms with Gasteiger partial charge >= 0.3 is 0 Å². The van der Waals surface area contributed by atoms with Gasteiger partial charge in [0.25, 0.3) is 0 Å². The van der Waals surface area contributed by atoms with Crippen LogP contribution in [0.1, 0.15) is 24.9 Å². The van der Waals surface area contributed by atoms with Crippen molar-refractivity contribution < 1.29 is 9.53 Å². The highest BCUT2D eigenvalue weighted by Crippen LogP contribution is 2.21. The third kappa shape index (κ3) is 6.25. The molecule has 1 aliphatic heterocycles. The first-order valence-corrected chi connectivity index (χ1v) is 8.33. The fourth-order valence-corrected chi connectivity index (χ4v) is 2.86. The fraction of sp³-hybridized carbons (Fsp3) is 0.368. The number of morpholine rings is 1. The second kappa shape index (κ2) is 11.1. The number of amides is 1. The van der Waals surface area contributed by atoms with E-state index in [4.69, 9.17) is 4.74 Å². The third-order valence-corrected chi connectivity index (χ3v) is 4.21. The number of nitrogens with one attached hydrogen (secondary N) is 2. The first kappa shape index (κ1) is 22.4. The maximum atomic E-state index is 12.2. The second-order valence-electron chi connectivity index (χ2n) is 6.08. The van der Waals surface area contributed by atoms with E-state index in [1.54, 1.807) is 6.20 Å². The van der Waals surface area contributed by atoms with Crippen molar-refractivity contribution in [3.8, 4) is 11.1 Å². The molecule has 2 atom stereocenters. The zero-order valence-electron chi connectivity index (χ0n) is 14.7. The number of nitrogens with zero attached hydrogens (tertiary/aromatic N) is 1. The van der Waals surface area contributed by atoms with Crippen LogP contribution in [0, 0.1) is 0 Å². The standard InChI is InChI=1S/C19H23N3O2.2ClH/c1-14(22-19(23)11-18-13-24-10-9-21-18)15-4-6-16(7-5-15)17-3-2-8-20-12-17;;/h2-8,12,14,18,21H,9-11,13H2,1H3,(H,22,23);2*1H. The lowest BCUT2D eigenvalue weighted by molar-refractivity contribution is -0.122. The summed E-state index contributed by atoms with van der Waals surface area (Å²) < 4.78 is 5.38. The Labute approximate surface area is 166 Å². The maximum Gasteiger partial charge on any atom is 0.222 e. The van der Waals surface area contributed by atoms with E-state index < -0.39 is 0 Å². The van der Waals surface area contributed by atoms with Crippen molar-refractivity contribution in [1.29, 1.82) is 0 Å². The van der Waals surface area contributed by atoms with E-state index in [1.807, 2.05) is 25.3 Å². The van der Waals surface area contributed by atoms with Gasteiger partial charge in [0.05, 0.1) is 19.3 Å². The Balaban J connectivity index is 0.00000169. The van der Waals surface area contributed by atoms with Crippen molar-refractivity contribution in [3.63, 3.8) is 0 Å². The number of carbonyl (C=O) groups excluding carboxylic acids is 1. The second-order valence-corrected chi connectivity index (χ2v) is 6.08. The maximum absolute atomic E-state index is 12.2. The Bertz CT molecular complexity index is 662. The molecule has 1 saturated heterocycles. The molecule has 1 aromatic heterocycles. The van der Waals surface area contributed by atoms with Crippen LogP contribution in [0.25, 0.3) is 11.1 Å². The topological polar surface area (TPSA) is 63.2 Å². The molecule has 1 aromatic carbocycles. The zero-order chi connectivity index (χ0) is 16.8. The molecule has 0 bridgehead atoms. The number of rotatable bonds is 5. The lowest BCUT2D eigenvalue weighted by atomic mass is 10.0. The number of aromatic nitrogens is 1. The van der Waals surface area contributed by atoms with E-state index in [9.17, 15) is 4.79 Å². The summed E-state index contributed by atoms with van der Waals surface area (Å²) in [4.78, 5) is 16.3. The van der Waals surface area contributed by atoms with Crippen LogP contribution in [0.2, 0.25) is 0 Å². The molecular weight excluding hydrogens is 373 g/mol. The Hall–Kier alpha value is -1.66. The number of carbonyl (C=O) groups is 1. The summed E-state index contributed by atoms with van der Waals surface area (Å²) in [6, 6.07) is 12.3. The number of pyridine rings is 1. The number of halogens is 2. The molecule has 142 valence electrons. The number of hydrogen-bond donors (Lipinski definition) is 2. The van der Waals surface area contributed by atoms with Crippen LogP contribution in [0.5, 0.6) is 0 Å². The first-order chi connectivity index (χ1) is 11.7. The van der Waals surface area contributed by atoms with E-state index in [0.717, 1.165) is 29.8 Å². The third-order valence-electron chi connectivity index (χ3n) is 4.21. The predicted molar refractivity (Wildman–Crippen MR) is 108 cm³/mol. The summed E-state index contributed by atoms with van der Waals surface area (Å²) in [7, 11) is 0. The molecule has 2 N–H and O–H groups in total. The van der Waals surface area contributed by atoms with Crippen LogP contribution in [0.15, 0.2) is 48.8 Å². The van der Waals surface area contributed by atoms with Crippen molar-refractivity contribution >= 4 is 30.7 Å². The van der Waals surface area contributed by atoms with Crippen LogP contribution in [0.4, 0.5) is 0 Å². The highest BCUT2D eigenvalue weighted by Gasteiger charge is 2.18. The van der Waals surface area contributed by atoms with Crippen LogP contribution >= 0.6 is 24.8 Å². The van der Waals surface area contributed by atoms with Crippen LogP contribution in [-0.2, 0) is 9.53 Å². The molecule has 26 heavy (non-hydrogen) atoms. The molecule has 7 heteroatoms. The van der Waals surface area contributed by atoms with E-state index in [1.165, 1.54) is 0 Å². The number of ether oxygens (including phenoxy) is 1. The molecule has 5 nitrogen and oxygen atoms in total. The highest BCUT2D eigenvalue weighted by molar-refractivity contribution is 5.85. The van der Waals surface area contributed by atoms with E-state index >= 15 is 0 Å². The smallest absolute Gasteiger partial charge is 0.222 e. The highest BCUT2D eigenvalue weighted by atomic mass is 35.5. The summed E-state index contributed by atoms with van der Waals surface area (Å²) in [5, 5.41) is 6.35. The molecule has 1 fully saturated rings. The van der Waals surface area contributed by atoms with Gasteiger partial charge < -0.3 is 15.4 Å². The molecular formula is C19H25Cl2N3O2. The molecule has 2 aromatic rings. The summed E-state index contributed by atoms with van der Waals surface area (Å²) in [6.07, 6.45) is 4.05.